The highest BCUT2D eigenvalue weighted by Crippen LogP contribution is 2.23. The Morgan fingerprint density at radius 3 is 2.78 bits per heavy atom. The quantitative estimate of drug-likeness (QED) is 0.652. The Labute approximate surface area is 104 Å². The van der Waals surface area contributed by atoms with Gasteiger partial charge in [-0.25, -0.2) is 0 Å². The van der Waals surface area contributed by atoms with Crippen molar-refractivity contribution in [2.45, 2.75) is 20.3 Å². The maximum atomic E-state index is 11.9. The molecule has 0 saturated carbocycles. The molecular weight excluding hydrogens is 234 g/mol. The van der Waals surface area contributed by atoms with Crippen molar-refractivity contribution < 1.29 is 9.72 Å². The molecule has 18 heavy (non-hydrogen) atoms. The van der Waals surface area contributed by atoms with E-state index in [4.69, 9.17) is 5.26 Å². The van der Waals surface area contributed by atoms with Crippen LogP contribution >= 0.6 is 0 Å². The maximum Gasteiger partial charge on any atom is 0.271 e. The van der Waals surface area contributed by atoms with E-state index < -0.39 is 16.2 Å². The van der Waals surface area contributed by atoms with E-state index >= 15 is 0 Å². The number of amides is 1. The minimum absolute atomic E-state index is 0.108. The van der Waals surface area contributed by atoms with E-state index in [-0.39, 0.29) is 5.69 Å². The normalized spacial score (nSPS) is 13.2. The van der Waals surface area contributed by atoms with Crippen molar-refractivity contribution in [2.24, 2.45) is 5.41 Å². The summed E-state index contributed by atoms with van der Waals surface area (Å²) in [6, 6.07) is 7.54. The number of carbonyl (C=O) groups is 1. The lowest BCUT2D eigenvalue weighted by atomic mass is 9.88. The van der Waals surface area contributed by atoms with Gasteiger partial charge in [-0.05, 0) is 19.4 Å². The molecular formula is C12H13N3O3. The van der Waals surface area contributed by atoms with Crippen LogP contribution in [-0.4, -0.2) is 10.8 Å². The number of hydrogen-bond acceptors (Lipinski definition) is 4. The van der Waals surface area contributed by atoms with E-state index in [1.54, 1.807) is 13.0 Å². The molecule has 0 aliphatic carbocycles. The average Bonchev–Trinajstić information content (AvgIpc) is 2.38. The van der Waals surface area contributed by atoms with Crippen LogP contribution in [0.2, 0.25) is 0 Å². The fraction of sp³-hybridized carbons (Fsp3) is 0.333. The Kier molecular flexibility index (Phi) is 4.00. The number of carbonyl (C=O) groups excluding carboxylic acids is 1. The zero-order chi connectivity index (χ0) is 13.8. The van der Waals surface area contributed by atoms with E-state index in [9.17, 15) is 14.9 Å². The Hall–Kier alpha value is -2.42. The SMILES string of the molecule is CCC(C)(C#N)C(=O)Nc1cccc([N+](=O)[O-])c1. The number of nitriles is 1. The molecule has 1 atom stereocenters. The molecule has 1 aromatic carbocycles. The van der Waals surface area contributed by atoms with Crippen LogP contribution in [0.4, 0.5) is 11.4 Å². The van der Waals surface area contributed by atoms with Gasteiger partial charge < -0.3 is 5.32 Å². The lowest BCUT2D eigenvalue weighted by molar-refractivity contribution is -0.384. The van der Waals surface area contributed by atoms with Gasteiger partial charge in [-0.15, -0.1) is 0 Å². The molecule has 0 spiro atoms. The molecule has 1 unspecified atom stereocenters. The molecule has 0 aliphatic rings. The van der Waals surface area contributed by atoms with Crippen LogP contribution in [0.15, 0.2) is 24.3 Å². The number of non-ortho nitro benzene ring substituents is 1. The summed E-state index contributed by atoms with van der Waals surface area (Å²) in [5.74, 6) is -0.465. The van der Waals surface area contributed by atoms with Crippen molar-refractivity contribution in [1.29, 1.82) is 5.26 Å². The Bertz CT molecular complexity index is 522. The van der Waals surface area contributed by atoms with Crippen molar-refractivity contribution >= 4 is 17.3 Å². The van der Waals surface area contributed by atoms with E-state index in [1.807, 2.05) is 6.07 Å². The molecule has 1 amide bonds. The summed E-state index contributed by atoms with van der Waals surface area (Å²) in [7, 11) is 0. The van der Waals surface area contributed by atoms with Gasteiger partial charge in [-0.2, -0.15) is 5.26 Å². The standard InChI is InChI=1S/C12H13N3O3/c1-3-12(2,8-13)11(16)14-9-5-4-6-10(7-9)15(17)18/h4-7H,3H2,1-2H3,(H,14,16). The Morgan fingerprint density at radius 2 is 2.28 bits per heavy atom. The van der Waals surface area contributed by atoms with Gasteiger partial charge in [0.1, 0.15) is 5.41 Å². The molecule has 0 aliphatic heterocycles. The number of rotatable bonds is 4. The second-order valence-electron chi connectivity index (χ2n) is 4.06. The monoisotopic (exact) mass is 247 g/mol. The number of benzene rings is 1. The van der Waals surface area contributed by atoms with Gasteiger partial charge in [0, 0.05) is 17.8 Å². The molecule has 0 heterocycles. The molecule has 6 heteroatoms. The maximum absolute atomic E-state index is 11.9. The van der Waals surface area contributed by atoms with Crippen LogP contribution in [0.1, 0.15) is 20.3 Å². The first-order valence-electron chi connectivity index (χ1n) is 5.40. The zero-order valence-corrected chi connectivity index (χ0v) is 10.1. The van der Waals surface area contributed by atoms with Gasteiger partial charge in [0.05, 0.1) is 11.0 Å². The number of nitrogens with one attached hydrogen (secondary N) is 1. The second-order valence-corrected chi connectivity index (χ2v) is 4.06. The summed E-state index contributed by atoms with van der Waals surface area (Å²) in [6.07, 6.45) is 0.365. The lowest BCUT2D eigenvalue weighted by Crippen LogP contribution is -2.31. The molecule has 0 bridgehead atoms. The van der Waals surface area contributed by atoms with Crippen molar-refractivity contribution in [1.82, 2.24) is 0 Å². The van der Waals surface area contributed by atoms with Crippen LogP contribution in [0.25, 0.3) is 0 Å². The van der Waals surface area contributed by atoms with E-state index in [2.05, 4.69) is 5.32 Å². The zero-order valence-electron chi connectivity index (χ0n) is 10.1. The topological polar surface area (TPSA) is 96.0 Å². The summed E-state index contributed by atoms with van der Waals surface area (Å²) in [5.41, 5.74) is -0.933. The molecule has 1 N–H and O–H groups in total. The van der Waals surface area contributed by atoms with Gasteiger partial charge in [0.25, 0.3) is 5.69 Å². The number of hydrogen-bond donors (Lipinski definition) is 1. The van der Waals surface area contributed by atoms with Crippen LogP contribution in [-0.2, 0) is 4.79 Å². The van der Waals surface area contributed by atoms with Gasteiger partial charge >= 0.3 is 0 Å². The van der Waals surface area contributed by atoms with Crippen LogP contribution in [0, 0.1) is 26.9 Å². The number of nitro groups is 1. The highest BCUT2D eigenvalue weighted by molar-refractivity contribution is 5.97. The summed E-state index contributed by atoms with van der Waals surface area (Å²) < 4.78 is 0. The third-order valence-corrected chi connectivity index (χ3v) is 2.77. The molecule has 0 aromatic heterocycles. The molecule has 0 radical (unpaired) electrons. The van der Waals surface area contributed by atoms with E-state index in [0.29, 0.717) is 12.1 Å². The van der Waals surface area contributed by atoms with Crippen molar-refractivity contribution in [3.63, 3.8) is 0 Å². The second kappa shape index (κ2) is 5.27. The smallest absolute Gasteiger partial charge is 0.271 e. The van der Waals surface area contributed by atoms with Crippen molar-refractivity contribution in [3.05, 3.63) is 34.4 Å². The summed E-state index contributed by atoms with van der Waals surface area (Å²) in [4.78, 5) is 21.9. The van der Waals surface area contributed by atoms with Crippen LogP contribution in [0.5, 0.6) is 0 Å². The average molecular weight is 247 g/mol. The first-order valence-corrected chi connectivity index (χ1v) is 5.40. The summed E-state index contributed by atoms with van der Waals surface area (Å²) in [5, 5.41) is 22.1. The predicted molar refractivity (Wildman–Crippen MR) is 65.7 cm³/mol. The van der Waals surface area contributed by atoms with Gasteiger partial charge in [-0.3, -0.25) is 14.9 Å². The molecule has 94 valence electrons. The van der Waals surface area contributed by atoms with E-state index in [0.717, 1.165) is 0 Å². The molecule has 0 fully saturated rings. The molecule has 0 saturated heterocycles. The van der Waals surface area contributed by atoms with Crippen molar-refractivity contribution in [2.75, 3.05) is 5.32 Å². The Balaban J connectivity index is 2.92. The predicted octanol–water partition coefficient (Wildman–Crippen LogP) is 2.47. The van der Waals surface area contributed by atoms with Crippen molar-refractivity contribution in [3.8, 4) is 6.07 Å². The van der Waals surface area contributed by atoms with Crippen LogP contribution < -0.4 is 5.32 Å². The van der Waals surface area contributed by atoms with Crippen LogP contribution in [0.3, 0.4) is 0 Å². The van der Waals surface area contributed by atoms with E-state index in [1.165, 1.54) is 25.1 Å². The number of anilines is 1. The molecule has 1 rings (SSSR count). The molecule has 6 nitrogen and oxygen atoms in total. The minimum Gasteiger partial charge on any atom is -0.324 e. The highest BCUT2D eigenvalue weighted by Gasteiger charge is 2.31. The minimum atomic E-state index is -1.13. The third-order valence-electron chi connectivity index (χ3n) is 2.77. The largest absolute Gasteiger partial charge is 0.324 e. The van der Waals surface area contributed by atoms with Gasteiger partial charge in [-0.1, -0.05) is 13.0 Å². The first kappa shape index (κ1) is 13.6. The first-order chi connectivity index (χ1) is 8.42. The lowest BCUT2D eigenvalue weighted by Gasteiger charge is -2.18. The number of nitro benzene ring substituents is 1. The Morgan fingerprint density at radius 1 is 1.61 bits per heavy atom. The highest BCUT2D eigenvalue weighted by atomic mass is 16.6. The fourth-order valence-electron chi connectivity index (χ4n) is 1.26. The van der Waals surface area contributed by atoms with Gasteiger partial charge in [0.2, 0.25) is 5.91 Å². The van der Waals surface area contributed by atoms with Gasteiger partial charge in [0.15, 0.2) is 0 Å². The number of nitrogens with zero attached hydrogens (tertiary/aromatic N) is 2. The summed E-state index contributed by atoms with van der Waals surface area (Å²) >= 11 is 0. The third kappa shape index (κ3) is 2.83. The fourth-order valence-corrected chi connectivity index (χ4v) is 1.26. The molecule has 1 aromatic rings. The summed E-state index contributed by atoms with van der Waals surface area (Å²) in [6.45, 7) is 3.26.